The average molecular weight is 453 g/mol. The van der Waals surface area contributed by atoms with E-state index >= 15 is 0 Å². The van der Waals surface area contributed by atoms with Gasteiger partial charge in [-0.15, -0.1) is 10.2 Å². The Bertz CT molecular complexity index is 1110. The third kappa shape index (κ3) is 4.57. The van der Waals surface area contributed by atoms with E-state index in [-0.39, 0.29) is 11.8 Å². The van der Waals surface area contributed by atoms with E-state index in [4.69, 9.17) is 9.47 Å². The molecule has 2 heterocycles. The van der Waals surface area contributed by atoms with Crippen LogP contribution in [-0.4, -0.2) is 53.7 Å². The summed E-state index contributed by atoms with van der Waals surface area (Å²) in [4.78, 5) is 27.7. The molecule has 32 heavy (non-hydrogen) atoms. The summed E-state index contributed by atoms with van der Waals surface area (Å²) in [6.45, 7) is 2.52. The predicted octanol–water partition coefficient (Wildman–Crippen LogP) is 3.77. The number of methoxy groups -OCH3 is 2. The molecule has 1 aliphatic heterocycles. The molecule has 1 aliphatic rings. The third-order valence-electron chi connectivity index (χ3n) is 5.37. The van der Waals surface area contributed by atoms with Crippen molar-refractivity contribution in [2.45, 2.75) is 25.8 Å². The van der Waals surface area contributed by atoms with Crippen LogP contribution in [0.15, 0.2) is 42.5 Å². The minimum Gasteiger partial charge on any atom is -0.497 e. The van der Waals surface area contributed by atoms with Gasteiger partial charge in [0.15, 0.2) is 0 Å². The number of anilines is 1. The van der Waals surface area contributed by atoms with E-state index in [1.54, 1.807) is 23.1 Å². The average Bonchev–Trinajstić information content (AvgIpc) is 3.48. The van der Waals surface area contributed by atoms with Crippen LogP contribution >= 0.6 is 11.3 Å². The van der Waals surface area contributed by atoms with Gasteiger partial charge < -0.3 is 14.4 Å². The molecule has 0 aliphatic carbocycles. The molecule has 166 valence electrons. The largest absolute Gasteiger partial charge is 0.497 e. The number of carbonyl (C=O) groups excluding carboxylic acids is 2. The van der Waals surface area contributed by atoms with Crippen LogP contribution in [0.5, 0.6) is 11.5 Å². The maximum atomic E-state index is 13.2. The number of aromatic nitrogens is 2. The summed E-state index contributed by atoms with van der Waals surface area (Å²) >= 11 is 1.30. The Morgan fingerprint density at radius 3 is 2.41 bits per heavy atom. The maximum Gasteiger partial charge on any atom is 0.254 e. The van der Waals surface area contributed by atoms with Crippen molar-refractivity contribution in [3.8, 4) is 22.1 Å². The first-order chi connectivity index (χ1) is 15.5. The van der Waals surface area contributed by atoms with E-state index in [1.165, 1.54) is 25.6 Å². The lowest BCUT2D eigenvalue weighted by atomic mass is 10.1. The molecule has 1 saturated heterocycles. The normalized spacial score (nSPS) is 15.5. The minimum atomic E-state index is -0.577. The van der Waals surface area contributed by atoms with Gasteiger partial charge in [0.1, 0.15) is 22.5 Å². The van der Waals surface area contributed by atoms with Crippen molar-refractivity contribution in [2.75, 3.05) is 26.1 Å². The second-order valence-electron chi connectivity index (χ2n) is 7.53. The molecule has 1 aromatic heterocycles. The molecular weight excluding hydrogens is 428 g/mol. The van der Waals surface area contributed by atoms with Crippen molar-refractivity contribution in [3.63, 3.8) is 0 Å². The maximum absolute atomic E-state index is 13.2. The molecule has 1 fully saturated rings. The number of rotatable bonds is 6. The standard InChI is InChI=1S/C23H24N4O4S/c1-14-6-8-15(9-7-14)21-25-26-23(32-21)24-20(28)19-5-4-10-27(19)22(29)16-11-17(30-2)13-18(12-16)31-3/h6-9,11-13,19H,4-5,10H2,1-3H3,(H,24,26,28). The summed E-state index contributed by atoms with van der Waals surface area (Å²) < 4.78 is 10.5. The van der Waals surface area contributed by atoms with Crippen LogP contribution in [0, 0.1) is 6.92 Å². The summed E-state index contributed by atoms with van der Waals surface area (Å²) in [5.74, 6) is 0.533. The highest BCUT2D eigenvalue weighted by Gasteiger charge is 2.35. The molecular formula is C23H24N4O4S. The first-order valence-electron chi connectivity index (χ1n) is 10.2. The van der Waals surface area contributed by atoms with E-state index in [2.05, 4.69) is 15.5 Å². The predicted molar refractivity (Wildman–Crippen MR) is 122 cm³/mol. The van der Waals surface area contributed by atoms with Crippen molar-refractivity contribution < 1.29 is 19.1 Å². The molecule has 3 aromatic rings. The zero-order chi connectivity index (χ0) is 22.7. The van der Waals surface area contributed by atoms with Gasteiger partial charge in [0.2, 0.25) is 11.0 Å². The number of benzene rings is 2. The molecule has 0 radical (unpaired) electrons. The Morgan fingerprint density at radius 1 is 1.06 bits per heavy atom. The van der Waals surface area contributed by atoms with Crippen LogP contribution in [0.2, 0.25) is 0 Å². The van der Waals surface area contributed by atoms with Crippen molar-refractivity contribution in [2.24, 2.45) is 0 Å². The smallest absolute Gasteiger partial charge is 0.254 e. The Kier molecular flexibility index (Phi) is 6.36. The molecule has 0 saturated carbocycles. The van der Waals surface area contributed by atoms with Crippen LogP contribution in [0.25, 0.3) is 10.6 Å². The number of ether oxygens (including phenoxy) is 2. The van der Waals surface area contributed by atoms with Gasteiger partial charge in [-0.3, -0.25) is 14.9 Å². The number of hydrogen-bond acceptors (Lipinski definition) is 7. The number of amides is 2. The number of nitrogens with zero attached hydrogens (tertiary/aromatic N) is 3. The molecule has 4 rings (SSSR count). The van der Waals surface area contributed by atoms with E-state index in [9.17, 15) is 9.59 Å². The second kappa shape index (κ2) is 9.35. The zero-order valence-corrected chi connectivity index (χ0v) is 18.9. The van der Waals surface area contributed by atoms with Gasteiger partial charge in [-0.05, 0) is 31.9 Å². The SMILES string of the molecule is COc1cc(OC)cc(C(=O)N2CCCC2C(=O)Nc2nnc(-c3ccc(C)cc3)s2)c1. The monoisotopic (exact) mass is 452 g/mol. The van der Waals surface area contributed by atoms with Gasteiger partial charge in [-0.25, -0.2) is 0 Å². The Morgan fingerprint density at radius 2 is 1.75 bits per heavy atom. The summed E-state index contributed by atoms with van der Waals surface area (Å²) in [7, 11) is 3.06. The van der Waals surface area contributed by atoms with Crippen LogP contribution in [0.3, 0.4) is 0 Å². The van der Waals surface area contributed by atoms with Crippen LogP contribution in [0.1, 0.15) is 28.8 Å². The lowest BCUT2D eigenvalue weighted by molar-refractivity contribution is -0.119. The third-order valence-corrected chi connectivity index (χ3v) is 6.26. The van der Waals surface area contributed by atoms with Gasteiger partial charge in [0, 0.05) is 23.7 Å². The van der Waals surface area contributed by atoms with Crippen LogP contribution in [-0.2, 0) is 4.79 Å². The highest BCUT2D eigenvalue weighted by molar-refractivity contribution is 7.18. The Labute approximate surface area is 190 Å². The molecule has 8 nitrogen and oxygen atoms in total. The van der Waals surface area contributed by atoms with Crippen molar-refractivity contribution in [1.29, 1.82) is 0 Å². The van der Waals surface area contributed by atoms with Crippen molar-refractivity contribution in [1.82, 2.24) is 15.1 Å². The number of hydrogen-bond donors (Lipinski definition) is 1. The molecule has 2 amide bonds. The summed E-state index contributed by atoms with van der Waals surface area (Å²) in [6, 6.07) is 12.4. The van der Waals surface area contributed by atoms with Crippen molar-refractivity contribution >= 4 is 28.3 Å². The lowest BCUT2D eigenvalue weighted by Gasteiger charge is -2.24. The first kappa shape index (κ1) is 21.8. The number of nitrogens with one attached hydrogen (secondary N) is 1. The fourth-order valence-electron chi connectivity index (χ4n) is 3.65. The van der Waals surface area contributed by atoms with Crippen LogP contribution in [0.4, 0.5) is 5.13 Å². The van der Waals surface area contributed by atoms with E-state index in [1.807, 2.05) is 31.2 Å². The molecule has 1 unspecified atom stereocenters. The molecule has 0 spiro atoms. The van der Waals surface area contributed by atoms with Gasteiger partial charge >= 0.3 is 0 Å². The number of aryl methyl sites for hydroxylation is 1. The van der Waals surface area contributed by atoms with Gasteiger partial charge in [-0.2, -0.15) is 0 Å². The Balaban J connectivity index is 1.48. The molecule has 9 heteroatoms. The first-order valence-corrected chi connectivity index (χ1v) is 11.1. The highest BCUT2D eigenvalue weighted by Crippen LogP contribution is 2.29. The summed E-state index contributed by atoms with van der Waals surface area (Å²) in [5, 5.41) is 12.2. The molecule has 1 atom stereocenters. The van der Waals surface area contributed by atoms with Crippen LogP contribution < -0.4 is 14.8 Å². The lowest BCUT2D eigenvalue weighted by Crippen LogP contribution is -2.43. The van der Waals surface area contributed by atoms with Gasteiger partial charge in [0.05, 0.1) is 14.2 Å². The zero-order valence-electron chi connectivity index (χ0n) is 18.1. The summed E-state index contributed by atoms with van der Waals surface area (Å²) in [5.41, 5.74) is 2.52. The van der Waals surface area contributed by atoms with E-state index < -0.39 is 6.04 Å². The van der Waals surface area contributed by atoms with E-state index in [0.717, 1.165) is 22.6 Å². The minimum absolute atomic E-state index is 0.238. The van der Waals surface area contributed by atoms with Gasteiger partial charge in [0.25, 0.3) is 5.91 Å². The van der Waals surface area contributed by atoms with Crippen molar-refractivity contribution in [3.05, 3.63) is 53.6 Å². The quantitative estimate of drug-likeness (QED) is 0.612. The fourth-order valence-corrected chi connectivity index (χ4v) is 4.41. The molecule has 1 N–H and O–H groups in total. The number of carbonyl (C=O) groups is 2. The number of likely N-dealkylation sites (tertiary alicyclic amines) is 1. The van der Waals surface area contributed by atoms with E-state index in [0.29, 0.717) is 35.2 Å². The Hall–Kier alpha value is -3.46. The van der Waals surface area contributed by atoms with Gasteiger partial charge in [-0.1, -0.05) is 41.2 Å². The second-order valence-corrected chi connectivity index (χ2v) is 8.50. The summed E-state index contributed by atoms with van der Waals surface area (Å²) in [6.07, 6.45) is 1.33. The molecule has 2 aromatic carbocycles. The fraction of sp³-hybridized carbons (Fsp3) is 0.304. The topological polar surface area (TPSA) is 93.7 Å². The molecule has 0 bridgehead atoms. The highest BCUT2D eigenvalue weighted by atomic mass is 32.1.